The molecule has 0 atom stereocenters. The standard InChI is InChI=1S/C28H36F3N7/c1-27(2,32)26-8-7-21(16-35-26)33-11-5-6-24-15-20-14-22(18-37-12-9-23(10-13-37)36(3)4)34-17-25(20)38(24)19-28(29,30)31/h7-8,14-17,23,33H,9-13,18-19,32H2,1-4H3. The molecule has 3 aromatic heterocycles. The molecule has 1 saturated heterocycles. The number of alkyl halides is 3. The summed E-state index contributed by atoms with van der Waals surface area (Å²) in [7, 11) is 4.21. The molecule has 4 rings (SSSR count). The third kappa shape index (κ3) is 7.25. The van der Waals surface area contributed by atoms with Crippen LogP contribution in [0, 0.1) is 11.8 Å². The number of fused-ring (bicyclic) bond motifs is 1. The highest BCUT2D eigenvalue weighted by molar-refractivity contribution is 5.82. The van der Waals surface area contributed by atoms with Crippen molar-refractivity contribution in [1.29, 1.82) is 0 Å². The highest BCUT2D eigenvalue weighted by Crippen LogP contribution is 2.26. The molecule has 0 bridgehead atoms. The van der Waals surface area contributed by atoms with E-state index >= 15 is 0 Å². The number of hydrogen-bond acceptors (Lipinski definition) is 6. The van der Waals surface area contributed by atoms with Gasteiger partial charge in [-0.25, -0.2) is 0 Å². The topological polar surface area (TPSA) is 75.2 Å². The first-order valence-electron chi connectivity index (χ1n) is 12.8. The van der Waals surface area contributed by atoms with Crippen LogP contribution in [-0.4, -0.2) is 70.3 Å². The third-order valence-corrected chi connectivity index (χ3v) is 6.88. The van der Waals surface area contributed by atoms with Crippen LogP contribution >= 0.6 is 0 Å². The number of nitrogens with zero attached hydrogens (tertiary/aromatic N) is 5. The summed E-state index contributed by atoms with van der Waals surface area (Å²) in [5, 5.41) is 3.84. The Hall–Kier alpha value is -3.13. The first-order chi connectivity index (χ1) is 17.9. The second kappa shape index (κ2) is 11.3. The maximum absolute atomic E-state index is 13.4. The minimum Gasteiger partial charge on any atom is -0.373 e. The molecule has 0 saturated carbocycles. The number of likely N-dealkylation sites (tertiary alicyclic amines) is 1. The van der Waals surface area contributed by atoms with E-state index in [2.05, 4.69) is 51.0 Å². The van der Waals surface area contributed by atoms with Crippen LogP contribution in [0.15, 0.2) is 36.7 Å². The molecular formula is C28H36F3N7. The number of nitrogens with two attached hydrogens (primary N) is 1. The zero-order valence-corrected chi connectivity index (χ0v) is 22.4. The summed E-state index contributed by atoms with van der Waals surface area (Å²) >= 11 is 0. The van der Waals surface area contributed by atoms with E-state index in [1.54, 1.807) is 18.5 Å². The Morgan fingerprint density at radius 3 is 2.45 bits per heavy atom. The van der Waals surface area contributed by atoms with Crippen LogP contribution in [0.2, 0.25) is 0 Å². The van der Waals surface area contributed by atoms with E-state index in [1.165, 1.54) is 4.57 Å². The quantitative estimate of drug-likeness (QED) is 0.449. The molecule has 3 aromatic rings. The van der Waals surface area contributed by atoms with E-state index in [0.29, 0.717) is 29.2 Å². The Balaban J connectivity index is 1.48. The fourth-order valence-electron chi connectivity index (χ4n) is 4.73. The lowest BCUT2D eigenvalue weighted by molar-refractivity contribution is -0.140. The van der Waals surface area contributed by atoms with Gasteiger partial charge in [0.05, 0.1) is 52.8 Å². The van der Waals surface area contributed by atoms with Crippen molar-refractivity contribution < 1.29 is 13.2 Å². The molecule has 3 N–H and O–H groups in total. The van der Waals surface area contributed by atoms with Crippen LogP contribution in [0.5, 0.6) is 0 Å². The Morgan fingerprint density at radius 2 is 1.84 bits per heavy atom. The molecule has 1 aliphatic heterocycles. The fraction of sp³-hybridized carbons (Fsp3) is 0.500. The molecule has 1 fully saturated rings. The number of aromatic nitrogens is 3. The molecule has 7 nitrogen and oxygen atoms in total. The highest BCUT2D eigenvalue weighted by Gasteiger charge is 2.30. The second-order valence-electron chi connectivity index (χ2n) is 10.7. The average Bonchev–Trinajstić information content (AvgIpc) is 3.17. The van der Waals surface area contributed by atoms with Gasteiger partial charge in [0.2, 0.25) is 0 Å². The van der Waals surface area contributed by atoms with E-state index in [-0.39, 0.29) is 6.54 Å². The summed E-state index contributed by atoms with van der Waals surface area (Å²) in [4.78, 5) is 13.5. The van der Waals surface area contributed by atoms with E-state index in [4.69, 9.17) is 5.73 Å². The molecule has 10 heteroatoms. The molecule has 0 unspecified atom stereocenters. The molecule has 0 spiro atoms. The van der Waals surface area contributed by atoms with Gasteiger partial charge in [0, 0.05) is 31.1 Å². The van der Waals surface area contributed by atoms with Gasteiger partial charge in [-0.1, -0.05) is 5.92 Å². The van der Waals surface area contributed by atoms with Crippen LogP contribution in [0.25, 0.3) is 10.9 Å². The monoisotopic (exact) mass is 527 g/mol. The van der Waals surface area contributed by atoms with Crippen molar-refractivity contribution in [3.05, 3.63) is 53.7 Å². The van der Waals surface area contributed by atoms with Crippen molar-refractivity contribution in [3.8, 4) is 11.8 Å². The predicted molar refractivity (Wildman–Crippen MR) is 145 cm³/mol. The van der Waals surface area contributed by atoms with Gasteiger partial charge in [0.1, 0.15) is 6.54 Å². The Labute approximate surface area is 222 Å². The Bertz CT molecular complexity index is 1290. The van der Waals surface area contributed by atoms with Crippen LogP contribution in [-0.2, 0) is 18.6 Å². The van der Waals surface area contributed by atoms with Gasteiger partial charge in [0.15, 0.2) is 0 Å². The predicted octanol–water partition coefficient (Wildman–Crippen LogP) is 4.18. The van der Waals surface area contributed by atoms with Gasteiger partial charge >= 0.3 is 6.18 Å². The van der Waals surface area contributed by atoms with E-state index in [9.17, 15) is 13.2 Å². The van der Waals surface area contributed by atoms with Crippen molar-refractivity contribution in [2.24, 2.45) is 5.73 Å². The minimum absolute atomic E-state index is 0.257. The molecular weight excluding hydrogens is 491 g/mol. The van der Waals surface area contributed by atoms with Gasteiger partial charge in [-0.05, 0) is 71.0 Å². The van der Waals surface area contributed by atoms with E-state index in [0.717, 1.165) is 43.0 Å². The number of anilines is 1. The second-order valence-corrected chi connectivity index (χ2v) is 10.7. The van der Waals surface area contributed by atoms with Gasteiger partial charge < -0.3 is 20.5 Å². The zero-order chi connectivity index (χ0) is 27.5. The van der Waals surface area contributed by atoms with Gasteiger partial charge in [-0.2, -0.15) is 13.2 Å². The number of piperidine rings is 1. The largest absolute Gasteiger partial charge is 0.406 e. The number of nitrogens with one attached hydrogen (secondary N) is 1. The maximum Gasteiger partial charge on any atom is 0.406 e. The van der Waals surface area contributed by atoms with Gasteiger partial charge in [-0.3, -0.25) is 14.9 Å². The van der Waals surface area contributed by atoms with Crippen LogP contribution in [0.1, 0.15) is 43.8 Å². The molecule has 204 valence electrons. The normalized spacial score (nSPS) is 15.6. The molecule has 1 aliphatic rings. The summed E-state index contributed by atoms with van der Waals surface area (Å²) in [6.45, 7) is 5.52. The summed E-state index contributed by atoms with van der Waals surface area (Å²) in [6, 6.07) is 7.89. The van der Waals surface area contributed by atoms with Crippen molar-refractivity contribution in [1.82, 2.24) is 24.3 Å². The smallest absolute Gasteiger partial charge is 0.373 e. The summed E-state index contributed by atoms with van der Waals surface area (Å²) in [6.07, 6.45) is 1.02. The fourth-order valence-corrected chi connectivity index (χ4v) is 4.73. The molecule has 0 aliphatic carbocycles. The number of halogens is 3. The van der Waals surface area contributed by atoms with Crippen molar-refractivity contribution >= 4 is 16.6 Å². The van der Waals surface area contributed by atoms with Crippen LogP contribution in [0.3, 0.4) is 0 Å². The molecule has 0 aromatic carbocycles. The van der Waals surface area contributed by atoms with Crippen LogP contribution in [0.4, 0.5) is 18.9 Å². The summed E-state index contributed by atoms with van der Waals surface area (Å²) in [5.41, 5.74) is 8.62. The lowest BCUT2D eigenvalue weighted by atomic mass is 10.0. The molecule has 0 radical (unpaired) electrons. The van der Waals surface area contributed by atoms with Crippen LogP contribution < -0.4 is 11.1 Å². The summed E-state index contributed by atoms with van der Waals surface area (Å²) in [5.74, 6) is 5.86. The summed E-state index contributed by atoms with van der Waals surface area (Å²) < 4.78 is 41.4. The molecule has 4 heterocycles. The highest BCUT2D eigenvalue weighted by atomic mass is 19.4. The van der Waals surface area contributed by atoms with E-state index < -0.39 is 18.3 Å². The lowest BCUT2D eigenvalue weighted by Crippen LogP contribution is -2.41. The first-order valence-corrected chi connectivity index (χ1v) is 12.8. The number of rotatable bonds is 7. The Kier molecular flexibility index (Phi) is 8.31. The number of pyridine rings is 2. The molecule has 38 heavy (non-hydrogen) atoms. The Morgan fingerprint density at radius 1 is 1.11 bits per heavy atom. The van der Waals surface area contributed by atoms with Gasteiger partial charge in [-0.15, -0.1) is 0 Å². The third-order valence-electron chi connectivity index (χ3n) is 6.88. The average molecular weight is 528 g/mol. The SMILES string of the molecule is CN(C)C1CCN(Cc2cc3cc(C#CCNc4ccc(C(C)(C)N)nc4)n(CC(F)(F)F)c3cn2)CC1. The molecule has 0 amide bonds. The van der Waals surface area contributed by atoms with Crippen molar-refractivity contribution in [2.45, 2.75) is 57.5 Å². The van der Waals surface area contributed by atoms with E-state index in [1.807, 2.05) is 32.0 Å². The minimum atomic E-state index is -4.37. The maximum atomic E-state index is 13.4. The van der Waals surface area contributed by atoms with Crippen molar-refractivity contribution in [2.75, 3.05) is 39.0 Å². The first kappa shape index (κ1) is 27.9. The number of hydrogen-bond donors (Lipinski definition) is 2. The van der Waals surface area contributed by atoms with Crippen molar-refractivity contribution in [3.63, 3.8) is 0 Å². The lowest BCUT2D eigenvalue weighted by Gasteiger charge is -2.34. The zero-order valence-electron chi connectivity index (χ0n) is 22.4. The van der Waals surface area contributed by atoms with Gasteiger partial charge in [0.25, 0.3) is 0 Å².